The summed E-state index contributed by atoms with van der Waals surface area (Å²) < 4.78 is 10.7. The minimum absolute atomic E-state index is 0.0591. The largest absolute Gasteiger partial charge is 0.484 e. The van der Waals surface area contributed by atoms with Crippen LogP contribution in [0.15, 0.2) is 34.9 Å². The normalized spacial score (nSPS) is 14.8. The highest BCUT2D eigenvalue weighted by Crippen LogP contribution is 2.27. The van der Waals surface area contributed by atoms with Crippen LogP contribution in [0.1, 0.15) is 43.8 Å². The van der Waals surface area contributed by atoms with Crippen LogP contribution in [-0.4, -0.2) is 16.0 Å². The van der Waals surface area contributed by atoms with Gasteiger partial charge in [-0.25, -0.2) is 0 Å². The molecule has 2 aromatic rings. The number of nitrogens with one attached hydrogen (secondary N) is 1. The molecular formula is C17H21N3O3. The summed E-state index contributed by atoms with van der Waals surface area (Å²) in [7, 11) is 0. The fourth-order valence-electron chi connectivity index (χ4n) is 2.81. The minimum Gasteiger partial charge on any atom is -0.484 e. The third-order valence-electron chi connectivity index (χ3n) is 4.01. The first-order valence-corrected chi connectivity index (χ1v) is 8.05. The molecule has 6 heteroatoms. The number of amides is 1. The van der Waals surface area contributed by atoms with Crippen molar-refractivity contribution >= 4 is 5.91 Å². The maximum Gasteiger partial charge on any atom is 0.264 e. The van der Waals surface area contributed by atoms with Gasteiger partial charge in [-0.2, -0.15) is 4.98 Å². The molecule has 0 radical (unpaired) electrons. The molecule has 0 spiro atoms. The van der Waals surface area contributed by atoms with E-state index in [-0.39, 0.29) is 12.5 Å². The molecule has 6 nitrogen and oxygen atoms in total. The molecule has 0 saturated heterocycles. The molecule has 23 heavy (non-hydrogen) atoms. The van der Waals surface area contributed by atoms with Crippen LogP contribution >= 0.6 is 0 Å². The van der Waals surface area contributed by atoms with Crippen molar-refractivity contribution in [2.45, 2.75) is 45.3 Å². The van der Waals surface area contributed by atoms with E-state index in [9.17, 15) is 4.79 Å². The Hall–Kier alpha value is -2.37. The van der Waals surface area contributed by atoms with Gasteiger partial charge in [-0.1, -0.05) is 36.2 Å². The molecule has 3 rings (SSSR count). The van der Waals surface area contributed by atoms with Crippen molar-refractivity contribution in [3.05, 3.63) is 42.0 Å². The topological polar surface area (TPSA) is 77.2 Å². The molecule has 1 amide bonds. The lowest BCUT2D eigenvalue weighted by Gasteiger charge is -2.07. The molecule has 0 bridgehead atoms. The van der Waals surface area contributed by atoms with E-state index in [1.165, 1.54) is 12.8 Å². The highest BCUT2D eigenvalue weighted by molar-refractivity contribution is 5.76. The third-order valence-corrected chi connectivity index (χ3v) is 4.01. The van der Waals surface area contributed by atoms with E-state index in [4.69, 9.17) is 9.26 Å². The van der Waals surface area contributed by atoms with Gasteiger partial charge in [0.2, 0.25) is 5.91 Å². The number of carbonyl (C=O) groups excluding carboxylic acids is 1. The van der Waals surface area contributed by atoms with Crippen LogP contribution in [-0.2, 0) is 17.9 Å². The van der Waals surface area contributed by atoms with Gasteiger partial charge >= 0.3 is 0 Å². The van der Waals surface area contributed by atoms with Crippen LogP contribution in [0, 0.1) is 5.92 Å². The summed E-state index contributed by atoms with van der Waals surface area (Å²) in [6.45, 7) is 0.507. The van der Waals surface area contributed by atoms with Gasteiger partial charge in [0.1, 0.15) is 5.75 Å². The summed E-state index contributed by atoms with van der Waals surface area (Å²) in [4.78, 5) is 16.1. The molecule has 1 aromatic heterocycles. The molecule has 1 saturated carbocycles. The maximum absolute atomic E-state index is 11.9. The van der Waals surface area contributed by atoms with Crippen molar-refractivity contribution in [1.29, 1.82) is 0 Å². The van der Waals surface area contributed by atoms with Gasteiger partial charge in [0, 0.05) is 6.42 Å². The van der Waals surface area contributed by atoms with E-state index in [0.717, 1.165) is 18.6 Å². The smallest absolute Gasteiger partial charge is 0.264 e. The van der Waals surface area contributed by atoms with Crippen LogP contribution in [0.3, 0.4) is 0 Å². The Bertz CT molecular complexity index is 621. The Kier molecular flexibility index (Phi) is 5.24. The molecule has 1 aliphatic carbocycles. The van der Waals surface area contributed by atoms with Crippen molar-refractivity contribution < 1.29 is 14.1 Å². The van der Waals surface area contributed by atoms with Crippen molar-refractivity contribution in [2.24, 2.45) is 5.92 Å². The number of hydrogen-bond acceptors (Lipinski definition) is 5. The summed E-state index contributed by atoms with van der Waals surface area (Å²) in [5.41, 5.74) is 0. The molecule has 0 unspecified atom stereocenters. The fourth-order valence-corrected chi connectivity index (χ4v) is 2.81. The Morgan fingerprint density at radius 1 is 1.26 bits per heavy atom. The zero-order valence-electron chi connectivity index (χ0n) is 13.0. The summed E-state index contributed by atoms with van der Waals surface area (Å²) in [5, 5.41) is 6.70. The number of benzene rings is 1. The van der Waals surface area contributed by atoms with Crippen LogP contribution < -0.4 is 10.1 Å². The lowest BCUT2D eigenvalue weighted by atomic mass is 10.0. The van der Waals surface area contributed by atoms with Crippen molar-refractivity contribution in [2.75, 3.05) is 0 Å². The Morgan fingerprint density at radius 2 is 2.04 bits per heavy atom. The quantitative estimate of drug-likeness (QED) is 0.850. The predicted octanol–water partition coefficient (Wildman–Crippen LogP) is 2.85. The van der Waals surface area contributed by atoms with Gasteiger partial charge in [0.15, 0.2) is 12.4 Å². The maximum atomic E-state index is 11.9. The summed E-state index contributed by atoms with van der Waals surface area (Å²) in [6, 6.07) is 9.44. The summed E-state index contributed by atoms with van der Waals surface area (Å²) in [6.07, 6.45) is 5.41. The van der Waals surface area contributed by atoms with E-state index >= 15 is 0 Å². The fraction of sp³-hybridized carbons (Fsp3) is 0.471. The first-order valence-electron chi connectivity index (χ1n) is 8.05. The molecule has 1 heterocycles. The van der Waals surface area contributed by atoms with E-state index in [2.05, 4.69) is 15.5 Å². The standard InChI is InChI=1S/C17H21N3O3/c21-16(10-13-6-4-5-7-13)18-11-15-19-17(23-20-15)12-22-14-8-2-1-3-9-14/h1-3,8-9,13H,4-7,10-12H2,(H,18,21). The second-order valence-electron chi connectivity index (χ2n) is 5.84. The highest BCUT2D eigenvalue weighted by atomic mass is 16.5. The minimum atomic E-state index is 0.0591. The molecular weight excluding hydrogens is 294 g/mol. The van der Waals surface area contributed by atoms with E-state index in [1.54, 1.807) is 0 Å². The molecule has 0 aliphatic heterocycles. The second-order valence-corrected chi connectivity index (χ2v) is 5.84. The number of hydrogen-bond donors (Lipinski definition) is 1. The lowest BCUT2D eigenvalue weighted by molar-refractivity contribution is -0.122. The van der Waals surface area contributed by atoms with E-state index in [1.807, 2.05) is 30.3 Å². The zero-order chi connectivity index (χ0) is 15.9. The molecule has 1 aliphatic rings. The lowest BCUT2D eigenvalue weighted by Crippen LogP contribution is -2.25. The number of para-hydroxylation sites is 1. The van der Waals surface area contributed by atoms with Gasteiger partial charge in [0.05, 0.1) is 6.54 Å². The first-order chi connectivity index (χ1) is 11.3. The number of ether oxygens (including phenoxy) is 1. The monoisotopic (exact) mass is 315 g/mol. The number of rotatable bonds is 7. The number of carbonyl (C=O) groups is 1. The zero-order valence-corrected chi connectivity index (χ0v) is 13.0. The predicted molar refractivity (Wildman–Crippen MR) is 83.5 cm³/mol. The van der Waals surface area contributed by atoms with Crippen LogP contribution in [0.2, 0.25) is 0 Å². The van der Waals surface area contributed by atoms with Gasteiger partial charge in [-0.05, 0) is 30.9 Å². The summed E-state index contributed by atoms with van der Waals surface area (Å²) >= 11 is 0. The van der Waals surface area contributed by atoms with E-state index < -0.39 is 0 Å². The van der Waals surface area contributed by atoms with Gasteiger partial charge < -0.3 is 14.6 Å². The van der Waals surface area contributed by atoms with Crippen molar-refractivity contribution in [1.82, 2.24) is 15.5 Å². The SMILES string of the molecule is O=C(CC1CCCC1)NCc1noc(COc2ccccc2)n1. The molecule has 122 valence electrons. The average molecular weight is 315 g/mol. The van der Waals surface area contributed by atoms with Crippen LogP contribution in [0.25, 0.3) is 0 Å². The molecule has 1 fully saturated rings. The van der Waals surface area contributed by atoms with E-state index in [0.29, 0.717) is 30.6 Å². The Labute approximate surface area is 135 Å². The van der Waals surface area contributed by atoms with Gasteiger partial charge in [0.25, 0.3) is 5.89 Å². The molecule has 0 atom stereocenters. The number of aromatic nitrogens is 2. The highest BCUT2D eigenvalue weighted by Gasteiger charge is 2.18. The van der Waals surface area contributed by atoms with Crippen LogP contribution in [0.5, 0.6) is 5.75 Å². The van der Waals surface area contributed by atoms with Gasteiger partial charge in [-0.15, -0.1) is 0 Å². The summed E-state index contributed by atoms with van der Waals surface area (Å²) in [5.74, 6) is 2.21. The molecule has 1 N–H and O–H groups in total. The molecule has 1 aromatic carbocycles. The van der Waals surface area contributed by atoms with Gasteiger partial charge in [-0.3, -0.25) is 4.79 Å². The first kappa shape index (κ1) is 15.5. The Morgan fingerprint density at radius 3 is 2.83 bits per heavy atom. The van der Waals surface area contributed by atoms with Crippen molar-refractivity contribution in [3.63, 3.8) is 0 Å². The second kappa shape index (κ2) is 7.76. The third kappa shape index (κ3) is 4.81. The Balaban J connectivity index is 1.41. The average Bonchev–Trinajstić information content (AvgIpc) is 3.24. The number of nitrogens with zero attached hydrogens (tertiary/aromatic N) is 2. The van der Waals surface area contributed by atoms with Crippen LogP contribution in [0.4, 0.5) is 0 Å². The van der Waals surface area contributed by atoms with Crippen molar-refractivity contribution in [3.8, 4) is 5.75 Å².